The van der Waals surface area contributed by atoms with E-state index < -0.39 is 0 Å². The molecule has 0 saturated carbocycles. The van der Waals surface area contributed by atoms with Gasteiger partial charge in [0.2, 0.25) is 0 Å². The van der Waals surface area contributed by atoms with Crippen LogP contribution in [-0.2, 0) is 0 Å². The summed E-state index contributed by atoms with van der Waals surface area (Å²) in [5.41, 5.74) is 13.0. The van der Waals surface area contributed by atoms with Crippen LogP contribution in [-0.4, -0.2) is 4.57 Å². The number of furan rings is 2. The van der Waals surface area contributed by atoms with Gasteiger partial charge >= 0.3 is 0 Å². The number of nitriles is 1. The SMILES string of the molecule is N#Cc1cc(-c2cccc3c2oc2ccccc23)cc2c1oc1c(-n3c4ccc(-c5ccccc5)cc4c4cc(-c5ccccc5)ccc43)cccc12. The van der Waals surface area contributed by atoms with Crippen LogP contribution in [0.5, 0.6) is 0 Å². The van der Waals surface area contributed by atoms with Crippen molar-refractivity contribution in [2.45, 2.75) is 0 Å². The smallest absolute Gasteiger partial charge is 0.159 e. The van der Waals surface area contributed by atoms with Gasteiger partial charge in [0.25, 0.3) is 0 Å². The van der Waals surface area contributed by atoms with Crippen LogP contribution >= 0.6 is 0 Å². The van der Waals surface area contributed by atoms with Crippen molar-refractivity contribution in [3.8, 4) is 45.1 Å². The molecule has 0 unspecified atom stereocenters. The molecule has 8 aromatic carbocycles. The highest BCUT2D eigenvalue weighted by molar-refractivity contribution is 6.16. The predicted octanol–water partition coefficient (Wildman–Crippen LogP) is 13.5. The van der Waals surface area contributed by atoms with E-state index in [1.165, 1.54) is 11.1 Å². The molecule has 0 fully saturated rings. The molecule has 0 spiro atoms. The fourth-order valence-electron chi connectivity index (χ4n) is 8.18. The van der Waals surface area contributed by atoms with Crippen LogP contribution in [0.2, 0.25) is 0 Å². The summed E-state index contributed by atoms with van der Waals surface area (Å²) in [4.78, 5) is 0. The quantitative estimate of drug-likeness (QED) is 0.186. The first kappa shape index (κ1) is 29.4. The molecule has 0 aliphatic rings. The van der Waals surface area contributed by atoms with Crippen molar-refractivity contribution in [2.24, 2.45) is 0 Å². The van der Waals surface area contributed by atoms with Gasteiger partial charge in [-0.2, -0.15) is 5.26 Å². The first-order chi connectivity index (χ1) is 26.2. The number of nitrogens with zero attached hydrogens (tertiary/aromatic N) is 2. The van der Waals surface area contributed by atoms with Crippen molar-refractivity contribution >= 4 is 65.7 Å². The lowest BCUT2D eigenvalue weighted by molar-refractivity contribution is 0.665. The zero-order chi connectivity index (χ0) is 35.0. The molecule has 0 atom stereocenters. The Balaban J connectivity index is 1.17. The monoisotopic (exact) mass is 676 g/mol. The van der Waals surface area contributed by atoms with E-state index in [1.807, 2.05) is 36.4 Å². The number of hydrogen-bond donors (Lipinski definition) is 0. The van der Waals surface area contributed by atoms with Crippen molar-refractivity contribution in [1.29, 1.82) is 5.26 Å². The van der Waals surface area contributed by atoms with Crippen molar-refractivity contribution in [2.75, 3.05) is 0 Å². The third kappa shape index (κ3) is 4.41. The number of para-hydroxylation sites is 3. The van der Waals surface area contributed by atoms with Crippen molar-refractivity contribution in [1.82, 2.24) is 4.57 Å². The van der Waals surface area contributed by atoms with Gasteiger partial charge in [-0.1, -0.05) is 121 Å². The van der Waals surface area contributed by atoms with Crippen LogP contribution in [0.4, 0.5) is 0 Å². The third-order valence-electron chi connectivity index (χ3n) is 10.6. The molecule has 4 nitrogen and oxygen atoms in total. The lowest BCUT2D eigenvalue weighted by atomic mass is 9.98. The summed E-state index contributed by atoms with van der Waals surface area (Å²) in [5.74, 6) is 0. The van der Waals surface area contributed by atoms with Gasteiger partial charge in [0.05, 0.1) is 22.3 Å². The normalized spacial score (nSPS) is 11.8. The van der Waals surface area contributed by atoms with Gasteiger partial charge in [-0.05, 0) is 76.3 Å². The van der Waals surface area contributed by atoms with Crippen LogP contribution in [0.3, 0.4) is 0 Å². The Morgan fingerprint density at radius 3 is 1.66 bits per heavy atom. The number of benzene rings is 8. The largest absolute Gasteiger partial charge is 0.455 e. The Morgan fingerprint density at radius 1 is 0.396 bits per heavy atom. The highest BCUT2D eigenvalue weighted by Gasteiger charge is 2.22. The first-order valence-corrected chi connectivity index (χ1v) is 17.7. The molecule has 0 N–H and O–H groups in total. The first-order valence-electron chi connectivity index (χ1n) is 17.7. The van der Waals surface area contributed by atoms with E-state index in [4.69, 9.17) is 8.83 Å². The summed E-state index contributed by atoms with van der Waals surface area (Å²) < 4.78 is 15.5. The average molecular weight is 677 g/mol. The highest BCUT2D eigenvalue weighted by Crippen LogP contribution is 2.43. The number of aromatic nitrogens is 1. The molecule has 0 radical (unpaired) electrons. The molecule has 11 rings (SSSR count). The third-order valence-corrected chi connectivity index (χ3v) is 10.6. The van der Waals surface area contributed by atoms with Crippen molar-refractivity contribution in [3.63, 3.8) is 0 Å². The standard InChI is InChI=1S/C49H28N2O2/c50-29-35-25-34(36-16-9-17-38-37-15-7-8-20-46(37)52-48(36)38)28-42-39-18-10-19-45(49(39)53-47(35)42)51-43-23-21-32(30-11-3-1-4-12-30)26-40(43)41-27-33(22-24-44(41)51)31-13-5-2-6-14-31/h1-28H. The van der Waals surface area contributed by atoms with Crippen LogP contribution < -0.4 is 0 Å². The molecule has 0 bridgehead atoms. The Hall–Kier alpha value is -7.35. The summed E-state index contributed by atoms with van der Waals surface area (Å²) in [6, 6.07) is 61.5. The molecule has 0 aliphatic heterocycles. The van der Waals surface area contributed by atoms with Crippen molar-refractivity contribution in [3.05, 3.63) is 175 Å². The maximum absolute atomic E-state index is 10.5. The molecule has 0 aliphatic carbocycles. The van der Waals surface area contributed by atoms with Gasteiger partial charge in [0.15, 0.2) is 11.2 Å². The van der Waals surface area contributed by atoms with E-state index >= 15 is 0 Å². The molecule has 0 amide bonds. The van der Waals surface area contributed by atoms with Crippen LogP contribution in [0.1, 0.15) is 5.56 Å². The molecule has 0 saturated heterocycles. The van der Waals surface area contributed by atoms with Gasteiger partial charge < -0.3 is 13.4 Å². The van der Waals surface area contributed by atoms with Crippen LogP contribution in [0.25, 0.3) is 105 Å². The number of hydrogen-bond acceptors (Lipinski definition) is 3. The Labute approximate surface area is 304 Å². The Kier molecular flexibility index (Phi) is 6.28. The maximum Gasteiger partial charge on any atom is 0.159 e. The minimum atomic E-state index is 0.481. The van der Waals surface area contributed by atoms with E-state index in [0.29, 0.717) is 11.1 Å². The maximum atomic E-state index is 10.5. The summed E-state index contributed by atoms with van der Waals surface area (Å²) >= 11 is 0. The second-order valence-corrected chi connectivity index (χ2v) is 13.6. The van der Waals surface area contributed by atoms with E-state index in [9.17, 15) is 5.26 Å². The minimum absolute atomic E-state index is 0.481. The molecule has 246 valence electrons. The molecular weight excluding hydrogens is 649 g/mol. The van der Waals surface area contributed by atoms with E-state index in [2.05, 4.69) is 144 Å². The summed E-state index contributed by atoms with van der Waals surface area (Å²) in [6.45, 7) is 0. The summed E-state index contributed by atoms with van der Waals surface area (Å²) in [6.07, 6.45) is 0. The lowest BCUT2D eigenvalue weighted by Crippen LogP contribution is -1.94. The summed E-state index contributed by atoms with van der Waals surface area (Å²) in [5, 5.41) is 16.8. The van der Waals surface area contributed by atoms with Crippen molar-refractivity contribution < 1.29 is 8.83 Å². The van der Waals surface area contributed by atoms with Gasteiger partial charge in [0.1, 0.15) is 17.2 Å². The Bertz CT molecular complexity index is 3190. The molecule has 53 heavy (non-hydrogen) atoms. The zero-order valence-corrected chi connectivity index (χ0v) is 28.4. The lowest BCUT2D eigenvalue weighted by Gasteiger charge is -2.09. The molecule has 3 aromatic heterocycles. The van der Waals surface area contributed by atoms with Gasteiger partial charge in [-0.25, -0.2) is 0 Å². The average Bonchev–Trinajstić information content (AvgIpc) is 3.90. The second-order valence-electron chi connectivity index (χ2n) is 13.6. The van der Waals surface area contributed by atoms with Crippen LogP contribution in [0.15, 0.2) is 179 Å². The van der Waals surface area contributed by atoms with Crippen LogP contribution in [0, 0.1) is 11.3 Å². The topological polar surface area (TPSA) is 55.0 Å². The minimum Gasteiger partial charge on any atom is -0.455 e. The fraction of sp³-hybridized carbons (Fsp3) is 0. The zero-order valence-electron chi connectivity index (χ0n) is 28.4. The molecule has 4 heteroatoms. The molecular formula is C49H28N2O2. The predicted molar refractivity (Wildman–Crippen MR) is 216 cm³/mol. The van der Waals surface area contributed by atoms with E-state index in [-0.39, 0.29) is 0 Å². The highest BCUT2D eigenvalue weighted by atomic mass is 16.3. The van der Waals surface area contributed by atoms with Gasteiger partial charge in [0, 0.05) is 37.9 Å². The van der Waals surface area contributed by atoms with E-state index in [0.717, 1.165) is 88.0 Å². The summed E-state index contributed by atoms with van der Waals surface area (Å²) in [7, 11) is 0. The van der Waals surface area contributed by atoms with Gasteiger partial charge in [-0.3, -0.25) is 0 Å². The fourth-order valence-corrected chi connectivity index (χ4v) is 8.18. The Morgan fingerprint density at radius 2 is 0.981 bits per heavy atom. The number of fused-ring (bicyclic) bond motifs is 9. The molecule has 3 heterocycles. The van der Waals surface area contributed by atoms with E-state index in [1.54, 1.807) is 0 Å². The van der Waals surface area contributed by atoms with Gasteiger partial charge in [-0.15, -0.1) is 0 Å². The number of rotatable bonds is 4. The second kappa shape index (κ2) is 11.3. The molecule has 11 aromatic rings.